The number of rotatable bonds is 3. The Labute approximate surface area is 273 Å². The summed E-state index contributed by atoms with van der Waals surface area (Å²) in [7, 11) is 0. The summed E-state index contributed by atoms with van der Waals surface area (Å²) in [5, 5.41) is 16.8. The summed E-state index contributed by atoms with van der Waals surface area (Å²) >= 11 is 1.86. The van der Waals surface area contributed by atoms with Crippen molar-refractivity contribution in [3.05, 3.63) is 151 Å². The summed E-state index contributed by atoms with van der Waals surface area (Å²) in [5.74, 6) is 0. The Bertz CT molecular complexity index is 2930. The van der Waals surface area contributed by atoms with Crippen LogP contribution in [-0.2, 0) is 0 Å². The average Bonchev–Trinajstić information content (AvgIpc) is 3.79. The van der Waals surface area contributed by atoms with Crippen LogP contribution in [0, 0.1) is 11.3 Å². The van der Waals surface area contributed by atoms with E-state index in [4.69, 9.17) is 0 Å². The quantitative estimate of drug-likeness (QED) is 0.198. The number of nitrogens with zero attached hydrogens (tertiary/aromatic N) is 4. The van der Waals surface area contributed by atoms with Crippen LogP contribution in [0.2, 0.25) is 0 Å². The Kier molecular flexibility index (Phi) is 5.48. The van der Waals surface area contributed by atoms with Gasteiger partial charge < -0.3 is 9.13 Å². The van der Waals surface area contributed by atoms with E-state index in [1.165, 1.54) is 36.5 Å². The van der Waals surface area contributed by atoms with Gasteiger partial charge in [0, 0.05) is 54.6 Å². The van der Waals surface area contributed by atoms with Crippen molar-refractivity contribution in [3.8, 4) is 28.6 Å². The smallest absolute Gasteiger partial charge is 0.0991 e. The second-order valence-corrected chi connectivity index (χ2v) is 13.0. The summed E-state index contributed by atoms with van der Waals surface area (Å²) in [6.07, 6.45) is 3.88. The molecule has 10 rings (SSSR count). The van der Waals surface area contributed by atoms with Crippen LogP contribution >= 0.6 is 11.3 Å². The largest absolute Gasteiger partial charge is 0.309 e. The van der Waals surface area contributed by atoms with Gasteiger partial charge in [-0.05, 0) is 71.8 Å². The lowest BCUT2D eigenvalue weighted by Gasteiger charge is -2.13. The lowest BCUT2D eigenvalue weighted by molar-refractivity contribution is 1.17. The third-order valence-electron chi connectivity index (χ3n) is 9.42. The number of thiophene rings is 1. The van der Waals surface area contributed by atoms with Gasteiger partial charge in [-0.2, -0.15) is 5.26 Å². The molecule has 0 aliphatic carbocycles. The zero-order valence-corrected chi connectivity index (χ0v) is 25.9. The molecule has 4 nitrogen and oxygen atoms in total. The lowest BCUT2D eigenvalue weighted by Crippen LogP contribution is -1.96. The SMILES string of the molecule is N#Cc1ccc2c(c1)c1ccccc1n2-c1cccc(-c2cccc(-n3c4cnccc4c4ccc5c6ccccc6sc5c43)c2)c1. The first kappa shape index (κ1) is 26.0. The molecule has 4 heterocycles. The maximum absolute atomic E-state index is 9.59. The molecule has 10 aromatic rings. The third kappa shape index (κ3) is 3.77. The van der Waals surface area contributed by atoms with Gasteiger partial charge in [-0.3, -0.25) is 4.98 Å². The monoisotopic (exact) mass is 616 g/mol. The zero-order valence-electron chi connectivity index (χ0n) is 25.1. The van der Waals surface area contributed by atoms with Gasteiger partial charge in [-0.25, -0.2) is 0 Å². The molecule has 4 aromatic heterocycles. The van der Waals surface area contributed by atoms with Crippen LogP contribution in [-0.4, -0.2) is 14.1 Å². The summed E-state index contributed by atoms with van der Waals surface area (Å²) in [6.45, 7) is 0. The molecule has 0 spiro atoms. The molecule has 0 unspecified atom stereocenters. The number of hydrogen-bond acceptors (Lipinski definition) is 3. The molecule has 5 heteroatoms. The molecule has 0 atom stereocenters. The minimum Gasteiger partial charge on any atom is -0.309 e. The number of benzene rings is 6. The molecular weight excluding hydrogens is 593 g/mol. The molecule has 0 N–H and O–H groups in total. The van der Waals surface area contributed by atoms with E-state index < -0.39 is 0 Å². The van der Waals surface area contributed by atoms with E-state index in [-0.39, 0.29) is 0 Å². The molecule has 6 aromatic carbocycles. The van der Waals surface area contributed by atoms with Crippen LogP contribution in [0.5, 0.6) is 0 Å². The Hall–Kier alpha value is -6.22. The van der Waals surface area contributed by atoms with Gasteiger partial charge >= 0.3 is 0 Å². The highest BCUT2D eigenvalue weighted by atomic mass is 32.1. The molecule has 0 fully saturated rings. The van der Waals surface area contributed by atoms with Crippen molar-refractivity contribution in [2.45, 2.75) is 0 Å². The highest BCUT2D eigenvalue weighted by Gasteiger charge is 2.19. The number of fused-ring (bicyclic) bond motifs is 10. The standard InChI is InChI=1S/C42H24N4S/c43-24-26-15-18-38-36(21-26)31-11-1-3-13-37(31)45(38)29-9-5-7-27(22-29)28-8-6-10-30(23-28)46-39-25-44-20-19-32(39)34-16-17-35-33-12-2-4-14-40(33)47-42(35)41(34)46/h1-23,25H. The fraction of sp³-hybridized carbons (Fsp3) is 0. The Morgan fingerprint density at radius 1 is 0.532 bits per heavy atom. The number of hydrogen-bond donors (Lipinski definition) is 0. The predicted molar refractivity (Wildman–Crippen MR) is 196 cm³/mol. The van der Waals surface area contributed by atoms with Gasteiger partial charge in [0.15, 0.2) is 0 Å². The minimum absolute atomic E-state index is 0.666. The Morgan fingerprint density at radius 3 is 2.06 bits per heavy atom. The van der Waals surface area contributed by atoms with Gasteiger partial charge in [-0.15, -0.1) is 11.3 Å². The first-order valence-electron chi connectivity index (χ1n) is 15.6. The van der Waals surface area contributed by atoms with Crippen molar-refractivity contribution >= 4 is 75.1 Å². The topological polar surface area (TPSA) is 46.5 Å². The fourth-order valence-electron chi connectivity index (χ4n) is 7.36. The maximum Gasteiger partial charge on any atom is 0.0991 e. The first-order chi connectivity index (χ1) is 23.3. The van der Waals surface area contributed by atoms with E-state index in [1.54, 1.807) is 0 Å². The van der Waals surface area contributed by atoms with Crippen LogP contribution in [0.4, 0.5) is 0 Å². The van der Waals surface area contributed by atoms with E-state index in [2.05, 4.69) is 142 Å². The summed E-state index contributed by atoms with van der Waals surface area (Å²) in [6, 6.07) is 49.6. The minimum atomic E-state index is 0.666. The van der Waals surface area contributed by atoms with Gasteiger partial charge in [0.2, 0.25) is 0 Å². The summed E-state index contributed by atoms with van der Waals surface area (Å²) < 4.78 is 7.28. The van der Waals surface area contributed by atoms with Crippen molar-refractivity contribution < 1.29 is 0 Å². The third-order valence-corrected chi connectivity index (χ3v) is 10.6. The predicted octanol–water partition coefficient (Wildman–Crippen LogP) is 11.2. The molecule has 0 amide bonds. The molecular formula is C42H24N4S. The van der Waals surface area contributed by atoms with Crippen molar-refractivity contribution in [1.29, 1.82) is 5.26 Å². The van der Waals surface area contributed by atoms with Crippen molar-refractivity contribution in [2.24, 2.45) is 0 Å². The number of pyridine rings is 1. The van der Waals surface area contributed by atoms with Crippen LogP contribution in [0.3, 0.4) is 0 Å². The van der Waals surface area contributed by atoms with Crippen molar-refractivity contribution in [2.75, 3.05) is 0 Å². The van der Waals surface area contributed by atoms with Crippen LogP contribution in [0.15, 0.2) is 146 Å². The second kappa shape index (κ2) is 9.89. The van der Waals surface area contributed by atoms with E-state index in [0.29, 0.717) is 5.56 Å². The lowest BCUT2D eigenvalue weighted by atomic mass is 10.0. The highest BCUT2D eigenvalue weighted by molar-refractivity contribution is 7.26. The van der Waals surface area contributed by atoms with E-state index in [0.717, 1.165) is 49.8 Å². The fourth-order valence-corrected chi connectivity index (χ4v) is 8.60. The number of para-hydroxylation sites is 1. The molecule has 0 aliphatic rings. The second-order valence-electron chi connectivity index (χ2n) is 12.0. The normalized spacial score (nSPS) is 11.8. The first-order valence-corrected chi connectivity index (χ1v) is 16.4. The van der Waals surface area contributed by atoms with E-state index in [9.17, 15) is 5.26 Å². The van der Waals surface area contributed by atoms with Gasteiger partial charge in [0.05, 0.1) is 44.6 Å². The summed E-state index contributed by atoms with van der Waals surface area (Å²) in [5.41, 5.74) is 9.65. The van der Waals surface area contributed by atoms with E-state index >= 15 is 0 Å². The number of nitriles is 1. The van der Waals surface area contributed by atoms with Crippen LogP contribution in [0.25, 0.3) is 86.3 Å². The summed E-state index contributed by atoms with van der Waals surface area (Å²) in [4.78, 5) is 4.56. The zero-order chi connectivity index (χ0) is 31.1. The molecule has 0 radical (unpaired) electrons. The maximum atomic E-state index is 9.59. The van der Waals surface area contributed by atoms with Gasteiger partial charge in [0.25, 0.3) is 0 Å². The Morgan fingerprint density at radius 2 is 1.23 bits per heavy atom. The van der Waals surface area contributed by atoms with Gasteiger partial charge in [0.1, 0.15) is 0 Å². The number of aromatic nitrogens is 3. The highest BCUT2D eigenvalue weighted by Crippen LogP contribution is 2.43. The molecule has 47 heavy (non-hydrogen) atoms. The van der Waals surface area contributed by atoms with Gasteiger partial charge in [-0.1, -0.05) is 72.8 Å². The van der Waals surface area contributed by atoms with Crippen molar-refractivity contribution in [1.82, 2.24) is 14.1 Å². The van der Waals surface area contributed by atoms with Crippen LogP contribution in [0.1, 0.15) is 5.56 Å². The molecule has 0 bridgehead atoms. The van der Waals surface area contributed by atoms with E-state index in [1.807, 2.05) is 35.9 Å². The van der Waals surface area contributed by atoms with Crippen molar-refractivity contribution in [3.63, 3.8) is 0 Å². The molecule has 0 aliphatic heterocycles. The molecule has 218 valence electrons. The Balaban J connectivity index is 1.19. The van der Waals surface area contributed by atoms with Crippen LogP contribution < -0.4 is 0 Å². The molecule has 0 saturated carbocycles. The molecule has 0 saturated heterocycles. The average molecular weight is 617 g/mol.